The van der Waals surface area contributed by atoms with Gasteiger partial charge in [-0.05, 0) is 69.8 Å². The SMILES string of the molecule is CC1=CC(C)C([Si](c2cccc(C(C)C)c2)(c2cccc(C(C)C)c2)c2cccc(C(C)C)c2)=C1C. The molecule has 3 aromatic carbocycles. The van der Waals surface area contributed by atoms with Crippen molar-refractivity contribution < 1.29 is 0 Å². The van der Waals surface area contributed by atoms with Gasteiger partial charge in [0, 0.05) is 0 Å². The van der Waals surface area contributed by atoms with E-state index in [4.69, 9.17) is 0 Å². The molecule has 36 heavy (non-hydrogen) atoms. The van der Waals surface area contributed by atoms with E-state index < -0.39 is 8.07 Å². The molecule has 1 unspecified atom stereocenters. The maximum absolute atomic E-state index is 2.56. The molecule has 0 aliphatic heterocycles. The molecule has 1 aliphatic rings. The Kier molecular flexibility index (Phi) is 7.62. The summed E-state index contributed by atoms with van der Waals surface area (Å²) in [6, 6.07) is 28.8. The zero-order valence-electron chi connectivity index (χ0n) is 23.8. The van der Waals surface area contributed by atoms with Crippen LogP contribution in [0.15, 0.2) is 95.2 Å². The van der Waals surface area contributed by atoms with Gasteiger partial charge in [0.1, 0.15) is 0 Å². The van der Waals surface area contributed by atoms with Gasteiger partial charge in [0.2, 0.25) is 0 Å². The highest BCUT2D eigenvalue weighted by atomic mass is 28.3. The van der Waals surface area contributed by atoms with Crippen LogP contribution in [0.25, 0.3) is 0 Å². The molecule has 0 bridgehead atoms. The van der Waals surface area contributed by atoms with Crippen LogP contribution in [0, 0.1) is 5.92 Å². The first-order valence-electron chi connectivity index (χ1n) is 13.8. The lowest BCUT2D eigenvalue weighted by Gasteiger charge is -2.39. The van der Waals surface area contributed by atoms with Gasteiger partial charge in [-0.1, -0.05) is 144 Å². The predicted octanol–water partition coefficient (Wildman–Crippen LogP) is 7.98. The lowest BCUT2D eigenvalue weighted by atomic mass is 10.0. The van der Waals surface area contributed by atoms with Gasteiger partial charge in [0.25, 0.3) is 0 Å². The van der Waals surface area contributed by atoms with Crippen molar-refractivity contribution in [2.24, 2.45) is 5.92 Å². The Morgan fingerprint density at radius 1 is 0.583 bits per heavy atom. The monoisotopic (exact) mass is 492 g/mol. The molecule has 4 rings (SSSR count). The molecule has 1 heteroatoms. The number of rotatable bonds is 7. The van der Waals surface area contributed by atoms with E-state index in [1.54, 1.807) is 5.20 Å². The largest absolute Gasteiger partial charge is 0.176 e. The van der Waals surface area contributed by atoms with Crippen LogP contribution < -0.4 is 15.6 Å². The van der Waals surface area contributed by atoms with Crippen LogP contribution in [-0.2, 0) is 0 Å². The van der Waals surface area contributed by atoms with E-state index in [2.05, 4.69) is 141 Å². The Balaban J connectivity index is 2.21. The average molecular weight is 493 g/mol. The maximum atomic E-state index is 2.54. The van der Waals surface area contributed by atoms with Crippen molar-refractivity contribution in [3.05, 3.63) is 112 Å². The Bertz CT molecular complexity index is 1180. The number of allylic oxidation sites excluding steroid dienone is 4. The summed E-state index contributed by atoms with van der Waals surface area (Å²) in [5.41, 5.74) is 7.22. The molecule has 0 saturated carbocycles. The molecule has 188 valence electrons. The third kappa shape index (κ3) is 4.59. The van der Waals surface area contributed by atoms with Gasteiger partial charge in [-0.2, -0.15) is 0 Å². The second-order valence-corrected chi connectivity index (χ2v) is 15.5. The van der Waals surface area contributed by atoms with Crippen molar-refractivity contribution in [2.75, 3.05) is 0 Å². The van der Waals surface area contributed by atoms with E-state index in [0.29, 0.717) is 23.7 Å². The summed E-state index contributed by atoms with van der Waals surface area (Å²) in [7, 11) is -2.56. The first-order chi connectivity index (χ1) is 17.1. The topological polar surface area (TPSA) is 0 Å². The van der Waals surface area contributed by atoms with Crippen LogP contribution in [0.4, 0.5) is 0 Å². The minimum atomic E-state index is -2.56. The fourth-order valence-corrected chi connectivity index (χ4v) is 11.8. The van der Waals surface area contributed by atoms with Gasteiger partial charge in [-0.25, -0.2) is 0 Å². The number of hydrogen-bond donors (Lipinski definition) is 0. The Morgan fingerprint density at radius 2 is 0.944 bits per heavy atom. The highest BCUT2D eigenvalue weighted by Crippen LogP contribution is 2.37. The molecule has 1 aliphatic carbocycles. The van der Waals surface area contributed by atoms with Crippen molar-refractivity contribution in [3.8, 4) is 0 Å². The van der Waals surface area contributed by atoms with Crippen LogP contribution in [0.5, 0.6) is 0 Å². The third-order valence-electron chi connectivity index (χ3n) is 8.31. The summed E-state index contributed by atoms with van der Waals surface area (Å²) in [6.45, 7) is 21.0. The molecular formula is C35H44Si. The first-order valence-corrected chi connectivity index (χ1v) is 15.8. The van der Waals surface area contributed by atoms with E-state index in [1.165, 1.54) is 43.4 Å². The van der Waals surface area contributed by atoms with Crippen molar-refractivity contribution in [3.63, 3.8) is 0 Å². The van der Waals surface area contributed by atoms with Crippen molar-refractivity contribution in [1.82, 2.24) is 0 Å². The lowest BCUT2D eigenvalue weighted by Crippen LogP contribution is -2.69. The molecular weight excluding hydrogens is 448 g/mol. The van der Waals surface area contributed by atoms with E-state index >= 15 is 0 Å². The van der Waals surface area contributed by atoms with Crippen LogP contribution in [-0.4, -0.2) is 8.07 Å². The molecule has 0 saturated heterocycles. The van der Waals surface area contributed by atoms with Gasteiger partial charge >= 0.3 is 0 Å². The fourth-order valence-electron chi connectivity index (χ4n) is 6.12. The Morgan fingerprint density at radius 3 is 1.22 bits per heavy atom. The second-order valence-electron chi connectivity index (χ2n) is 11.8. The highest BCUT2D eigenvalue weighted by Gasteiger charge is 2.47. The van der Waals surface area contributed by atoms with Crippen LogP contribution in [0.1, 0.15) is 96.8 Å². The van der Waals surface area contributed by atoms with Gasteiger partial charge in [0.05, 0.1) is 0 Å². The summed E-state index contributed by atoms with van der Waals surface area (Å²) in [4.78, 5) is 0. The predicted molar refractivity (Wildman–Crippen MR) is 162 cm³/mol. The summed E-state index contributed by atoms with van der Waals surface area (Å²) < 4.78 is 0. The minimum Gasteiger partial charge on any atom is -0.0748 e. The lowest BCUT2D eigenvalue weighted by molar-refractivity contribution is 0.866. The zero-order chi connectivity index (χ0) is 26.2. The standard InChI is InChI=1S/C35H44Si/c1-23(2)29-13-10-16-32(20-29)36(35-27(8)19-26(7)28(35)9,33-17-11-14-30(21-33)24(3)4)34-18-12-15-31(22-34)25(5)6/h10-25,27H,1-9H3. The van der Waals surface area contributed by atoms with Gasteiger partial charge in [-0.15, -0.1) is 0 Å². The molecule has 0 nitrogen and oxygen atoms in total. The molecule has 0 heterocycles. The molecule has 3 aromatic rings. The second kappa shape index (κ2) is 10.4. The maximum Gasteiger partial charge on any atom is 0.176 e. The summed E-state index contributed by atoms with van der Waals surface area (Å²) in [5.74, 6) is 1.91. The Labute approximate surface area is 221 Å². The quantitative estimate of drug-likeness (QED) is 0.232. The van der Waals surface area contributed by atoms with Crippen molar-refractivity contribution in [2.45, 2.75) is 80.1 Å². The summed E-state index contributed by atoms with van der Waals surface area (Å²) in [5, 5.41) is 6.20. The van der Waals surface area contributed by atoms with Crippen molar-refractivity contribution in [1.29, 1.82) is 0 Å². The zero-order valence-corrected chi connectivity index (χ0v) is 24.8. The van der Waals surface area contributed by atoms with E-state index in [-0.39, 0.29) is 0 Å². The molecule has 0 N–H and O–H groups in total. The number of benzene rings is 3. The highest BCUT2D eigenvalue weighted by molar-refractivity contribution is 7.16. The molecule has 0 amide bonds. The van der Waals surface area contributed by atoms with Crippen molar-refractivity contribution >= 4 is 23.6 Å². The van der Waals surface area contributed by atoms with Crippen LogP contribution in [0.3, 0.4) is 0 Å². The van der Waals surface area contributed by atoms with Gasteiger partial charge in [-0.3, -0.25) is 0 Å². The van der Waals surface area contributed by atoms with Gasteiger partial charge < -0.3 is 0 Å². The molecule has 0 radical (unpaired) electrons. The molecule has 1 atom stereocenters. The normalized spacial score (nSPS) is 16.4. The third-order valence-corrected chi connectivity index (χ3v) is 13.5. The van der Waals surface area contributed by atoms with E-state index in [9.17, 15) is 0 Å². The first kappa shape index (κ1) is 26.4. The molecule has 0 aromatic heterocycles. The number of hydrogen-bond acceptors (Lipinski definition) is 0. The molecule has 0 fully saturated rings. The minimum absolute atomic E-state index is 0.421. The molecule has 0 spiro atoms. The smallest absolute Gasteiger partial charge is 0.0748 e. The average Bonchev–Trinajstić information content (AvgIpc) is 3.12. The van der Waals surface area contributed by atoms with Gasteiger partial charge in [0.15, 0.2) is 8.07 Å². The van der Waals surface area contributed by atoms with E-state index in [1.807, 2.05) is 0 Å². The summed E-state index contributed by atoms with van der Waals surface area (Å²) in [6.07, 6.45) is 2.50. The van der Waals surface area contributed by atoms with E-state index in [0.717, 1.165) is 0 Å². The van der Waals surface area contributed by atoms with Crippen LogP contribution in [0.2, 0.25) is 0 Å². The fraction of sp³-hybridized carbons (Fsp3) is 0.371. The van der Waals surface area contributed by atoms with Crippen LogP contribution >= 0.6 is 0 Å². The Hall–Kier alpha value is -2.64. The summed E-state index contributed by atoms with van der Waals surface area (Å²) >= 11 is 0.